The number of carbonyl (C=O) groups excluding carboxylic acids is 2. The smallest absolute Gasteiger partial charge is 0.166 e. The first-order chi connectivity index (χ1) is 12.0. The van der Waals surface area contributed by atoms with Crippen molar-refractivity contribution in [2.45, 2.75) is 20.8 Å². The topological polar surface area (TPSA) is 88.0 Å². The summed E-state index contributed by atoms with van der Waals surface area (Å²) < 4.78 is 0. The second-order valence-electron chi connectivity index (χ2n) is 5.08. The molecule has 3 aromatic rings. The minimum Gasteiger partial charge on any atom is -0.399 e. The second kappa shape index (κ2) is 9.93. The van der Waals surface area contributed by atoms with Crippen molar-refractivity contribution in [1.29, 1.82) is 0 Å². The number of fused-ring (bicyclic) bond motifs is 1. The highest BCUT2D eigenvalue weighted by atomic mass is 16.1. The number of aromatic nitrogens is 1. The number of ketones is 1. The highest BCUT2D eigenvalue weighted by Crippen LogP contribution is 2.16. The van der Waals surface area contributed by atoms with Crippen LogP contribution in [0.2, 0.25) is 0 Å². The summed E-state index contributed by atoms with van der Waals surface area (Å²) in [6.07, 6.45) is 0.757. The van der Waals surface area contributed by atoms with Crippen molar-refractivity contribution in [2.75, 3.05) is 18.1 Å². The molecule has 1 aromatic heterocycles. The van der Waals surface area contributed by atoms with Crippen molar-refractivity contribution in [3.63, 3.8) is 0 Å². The molecule has 0 aliphatic heterocycles. The summed E-state index contributed by atoms with van der Waals surface area (Å²) in [5, 5.41) is 3.88. The molecule has 0 radical (unpaired) electrons. The van der Waals surface area contributed by atoms with E-state index in [0.717, 1.165) is 28.6 Å². The molecule has 0 saturated carbocycles. The van der Waals surface area contributed by atoms with Crippen LogP contribution in [0.3, 0.4) is 0 Å². The van der Waals surface area contributed by atoms with Gasteiger partial charge in [0, 0.05) is 34.9 Å². The van der Waals surface area contributed by atoms with Gasteiger partial charge in [-0.15, -0.1) is 0 Å². The van der Waals surface area contributed by atoms with E-state index >= 15 is 0 Å². The van der Waals surface area contributed by atoms with Crippen LogP contribution in [0.5, 0.6) is 0 Å². The number of aromatic amines is 1. The highest BCUT2D eigenvalue weighted by Gasteiger charge is 2.03. The maximum absolute atomic E-state index is 11.1. The third-order valence-electron chi connectivity index (χ3n) is 3.35. The van der Waals surface area contributed by atoms with E-state index in [1.807, 2.05) is 45.2 Å². The molecule has 0 saturated heterocycles. The van der Waals surface area contributed by atoms with Gasteiger partial charge in [0.25, 0.3) is 0 Å². The Morgan fingerprint density at radius 3 is 2.36 bits per heavy atom. The zero-order chi connectivity index (χ0) is 18.8. The maximum atomic E-state index is 11.1. The van der Waals surface area contributed by atoms with E-state index in [0.29, 0.717) is 11.3 Å². The number of Topliss-reactive ketones (excluding diaryl/α,β-unsaturated/α-hetero) is 1. The molecule has 0 aliphatic rings. The summed E-state index contributed by atoms with van der Waals surface area (Å²) in [6.45, 7) is 5.52. The van der Waals surface area contributed by atoms with E-state index in [1.165, 1.54) is 6.92 Å². The molecule has 0 amide bonds. The standard InChI is InChI=1S/C11H9NO2.C7H10N2.C2H6/c1-7(14)8-2-3-11-9(4-8)5-10(6-13)12-11;1-9-7-4-2-3-6(8)5-7;1-2/h2-6,12H,1H3;2-5,9H,8H2,1H3;1-2H3. The SMILES string of the molecule is CC.CC(=O)c1ccc2[nH]c(C=O)cc2c1.CNc1cccc(N)c1. The first kappa shape index (κ1) is 20.0. The number of nitrogen functional groups attached to an aromatic ring is 1. The molecular weight excluding hydrogens is 314 g/mol. The van der Waals surface area contributed by atoms with Crippen LogP contribution in [0.25, 0.3) is 10.9 Å². The van der Waals surface area contributed by atoms with Crippen molar-refractivity contribution in [3.05, 3.63) is 59.8 Å². The molecule has 5 nitrogen and oxygen atoms in total. The molecule has 0 bridgehead atoms. The number of carbonyl (C=O) groups is 2. The minimum absolute atomic E-state index is 0.0285. The quantitative estimate of drug-likeness (QED) is 0.372. The van der Waals surface area contributed by atoms with Crippen molar-refractivity contribution in [3.8, 4) is 0 Å². The third-order valence-corrected chi connectivity index (χ3v) is 3.35. The second-order valence-corrected chi connectivity index (χ2v) is 5.08. The Hall–Kier alpha value is -3.08. The Kier molecular flexibility index (Phi) is 7.93. The zero-order valence-electron chi connectivity index (χ0n) is 15.1. The van der Waals surface area contributed by atoms with Crippen LogP contribution in [-0.4, -0.2) is 24.1 Å². The van der Waals surface area contributed by atoms with Gasteiger partial charge >= 0.3 is 0 Å². The van der Waals surface area contributed by atoms with Crippen LogP contribution in [0.1, 0.15) is 41.6 Å². The van der Waals surface area contributed by atoms with E-state index in [4.69, 9.17) is 5.73 Å². The Balaban J connectivity index is 0.000000246. The zero-order valence-corrected chi connectivity index (χ0v) is 15.1. The third kappa shape index (κ3) is 5.80. The van der Waals surface area contributed by atoms with Crippen LogP contribution < -0.4 is 11.1 Å². The number of anilines is 2. The Morgan fingerprint density at radius 1 is 1.12 bits per heavy atom. The van der Waals surface area contributed by atoms with Gasteiger partial charge in [-0.2, -0.15) is 0 Å². The van der Waals surface area contributed by atoms with Crippen molar-refractivity contribution < 1.29 is 9.59 Å². The number of rotatable bonds is 3. The fraction of sp³-hybridized carbons (Fsp3) is 0.200. The monoisotopic (exact) mass is 339 g/mol. The van der Waals surface area contributed by atoms with Crippen molar-refractivity contribution >= 4 is 34.3 Å². The number of hydrogen-bond donors (Lipinski definition) is 3. The van der Waals surface area contributed by atoms with Crippen LogP contribution in [0, 0.1) is 0 Å². The molecule has 25 heavy (non-hydrogen) atoms. The Labute approximate surface area is 148 Å². The number of aldehydes is 1. The van der Waals surface area contributed by atoms with E-state index in [-0.39, 0.29) is 5.78 Å². The first-order valence-electron chi connectivity index (χ1n) is 8.15. The molecule has 132 valence electrons. The molecule has 2 aromatic carbocycles. The van der Waals surface area contributed by atoms with E-state index in [2.05, 4.69) is 10.3 Å². The molecule has 5 heteroatoms. The van der Waals surface area contributed by atoms with E-state index in [1.54, 1.807) is 24.3 Å². The van der Waals surface area contributed by atoms with Crippen LogP contribution in [-0.2, 0) is 0 Å². The van der Waals surface area contributed by atoms with E-state index in [9.17, 15) is 9.59 Å². The molecular formula is C20H25N3O2. The van der Waals surface area contributed by atoms with Gasteiger partial charge < -0.3 is 16.0 Å². The van der Waals surface area contributed by atoms with Gasteiger partial charge in [0.1, 0.15) is 0 Å². The molecule has 0 aliphatic carbocycles. The van der Waals surface area contributed by atoms with Crippen LogP contribution in [0.15, 0.2) is 48.5 Å². The number of H-pyrrole nitrogens is 1. The van der Waals surface area contributed by atoms with Gasteiger partial charge in [0.15, 0.2) is 12.1 Å². The lowest BCUT2D eigenvalue weighted by molar-refractivity contribution is 0.101. The maximum Gasteiger partial charge on any atom is 0.166 e. The molecule has 0 atom stereocenters. The van der Waals surface area contributed by atoms with Gasteiger partial charge in [-0.05, 0) is 49.4 Å². The highest BCUT2D eigenvalue weighted by molar-refractivity contribution is 5.99. The van der Waals surface area contributed by atoms with Gasteiger partial charge in [0.2, 0.25) is 0 Å². The van der Waals surface area contributed by atoms with Gasteiger partial charge in [-0.1, -0.05) is 19.9 Å². The lowest BCUT2D eigenvalue weighted by atomic mass is 10.1. The molecule has 0 unspecified atom stereocenters. The van der Waals surface area contributed by atoms with Crippen LogP contribution in [0.4, 0.5) is 11.4 Å². The molecule has 1 heterocycles. The predicted molar refractivity (Wildman–Crippen MR) is 105 cm³/mol. The van der Waals surface area contributed by atoms with Crippen molar-refractivity contribution in [2.24, 2.45) is 0 Å². The van der Waals surface area contributed by atoms with E-state index < -0.39 is 0 Å². The lowest BCUT2D eigenvalue weighted by Gasteiger charge is -1.98. The largest absolute Gasteiger partial charge is 0.399 e. The lowest BCUT2D eigenvalue weighted by Crippen LogP contribution is -1.89. The van der Waals surface area contributed by atoms with Gasteiger partial charge in [0.05, 0.1) is 5.69 Å². The predicted octanol–water partition coefficient (Wildman–Crippen LogP) is 4.52. The molecule has 0 spiro atoms. The number of benzene rings is 2. The average Bonchev–Trinajstić information content (AvgIpc) is 3.06. The summed E-state index contributed by atoms with van der Waals surface area (Å²) in [7, 11) is 1.87. The van der Waals surface area contributed by atoms with Gasteiger partial charge in [-0.3, -0.25) is 9.59 Å². The van der Waals surface area contributed by atoms with Crippen LogP contribution >= 0.6 is 0 Å². The van der Waals surface area contributed by atoms with Crippen molar-refractivity contribution in [1.82, 2.24) is 4.98 Å². The summed E-state index contributed by atoms with van der Waals surface area (Å²) in [6, 6.07) is 14.7. The average molecular weight is 339 g/mol. The van der Waals surface area contributed by atoms with Gasteiger partial charge in [-0.25, -0.2) is 0 Å². The number of nitrogens with one attached hydrogen (secondary N) is 2. The molecule has 4 N–H and O–H groups in total. The first-order valence-corrected chi connectivity index (χ1v) is 8.15. The molecule has 0 fully saturated rings. The molecule has 3 rings (SSSR count). The summed E-state index contributed by atoms with van der Waals surface area (Å²) in [5.41, 5.74) is 9.40. The number of nitrogens with two attached hydrogens (primary N) is 1. The Bertz CT molecular complexity index is 838. The fourth-order valence-corrected chi connectivity index (χ4v) is 2.13. The normalized spacial score (nSPS) is 9.28. The minimum atomic E-state index is 0.0285. The summed E-state index contributed by atoms with van der Waals surface area (Å²) in [5.74, 6) is 0.0285. The summed E-state index contributed by atoms with van der Waals surface area (Å²) >= 11 is 0. The fourth-order valence-electron chi connectivity index (χ4n) is 2.13. The summed E-state index contributed by atoms with van der Waals surface area (Å²) in [4.78, 5) is 24.5. The Morgan fingerprint density at radius 2 is 1.84 bits per heavy atom. The number of hydrogen-bond acceptors (Lipinski definition) is 4.